The van der Waals surface area contributed by atoms with Crippen molar-refractivity contribution < 1.29 is 9.59 Å². The molecule has 2 aromatic rings. The van der Waals surface area contributed by atoms with E-state index in [-0.39, 0.29) is 17.9 Å². The van der Waals surface area contributed by atoms with Crippen LogP contribution in [0.25, 0.3) is 0 Å². The Morgan fingerprint density at radius 1 is 1.30 bits per heavy atom. The van der Waals surface area contributed by atoms with Crippen molar-refractivity contribution in [3.8, 4) is 0 Å². The van der Waals surface area contributed by atoms with Gasteiger partial charge in [0.25, 0.3) is 0 Å². The highest BCUT2D eigenvalue weighted by molar-refractivity contribution is 8.00. The molecule has 0 saturated heterocycles. The van der Waals surface area contributed by atoms with E-state index in [0.717, 1.165) is 27.5 Å². The third-order valence-corrected chi connectivity index (χ3v) is 5.59. The molecule has 0 unspecified atom stereocenters. The lowest BCUT2D eigenvalue weighted by Gasteiger charge is -2.30. The van der Waals surface area contributed by atoms with Crippen molar-refractivity contribution in [1.82, 2.24) is 10.3 Å². The summed E-state index contributed by atoms with van der Waals surface area (Å²) in [6.45, 7) is 6.48. The zero-order valence-corrected chi connectivity index (χ0v) is 16.8. The van der Waals surface area contributed by atoms with Crippen molar-refractivity contribution in [1.29, 1.82) is 0 Å². The van der Waals surface area contributed by atoms with Crippen molar-refractivity contribution in [3.05, 3.63) is 53.2 Å². The zero-order valence-electron chi connectivity index (χ0n) is 16.0. The fourth-order valence-corrected chi connectivity index (χ4v) is 4.36. The number of benzene rings is 1. The van der Waals surface area contributed by atoms with Gasteiger partial charge in [-0.15, -0.1) is 0 Å². The van der Waals surface area contributed by atoms with Crippen LogP contribution in [-0.2, 0) is 9.59 Å². The number of carbonyl (C=O) groups excluding carboxylic acids is 2. The number of anilines is 1. The second kappa shape index (κ2) is 8.57. The summed E-state index contributed by atoms with van der Waals surface area (Å²) < 4.78 is 0. The largest absolute Gasteiger partial charge is 0.350 e. The van der Waals surface area contributed by atoms with Gasteiger partial charge in [-0.3, -0.25) is 9.59 Å². The monoisotopic (exact) mass is 383 g/mol. The molecule has 3 rings (SSSR count). The number of nitrogens with zero attached hydrogens (tertiary/aromatic N) is 2. The normalized spacial score (nSPS) is 14.6. The summed E-state index contributed by atoms with van der Waals surface area (Å²) in [5.41, 5.74) is 4.00. The Bertz CT molecular complexity index is 839. The molecule has 1 aliphatic rings. The Morgan fingerprint density at radius 2 is 2.04 bits per heavy atom. The molecule has 0 saturated carbocycles. The van der Waals surface area contributed by atoms with Crippen molar-refractivity contribution in [2.75, 3.05) is 17.2 Å². The zero-order chi connectivity index (χ0) is 19.4. The predicted octanol–water partition coefficient (Wildman–Crippen LogP) is 3.79. The Hall–Kier alpha value is -2.34. The third-order valence-electron chi connectivity index (χ3n) is 4.65. The Balaban J connectivity index is 1.58. The molecule has 5 nitrogen and oxygen atoms in total. The second-order valence-electron chi connectivity index (χ2n) is 6.87. The first kappa shape index (κ1) is 19.4. The molecule has 1 aliphatic heterocycles. The van der Waals surface area contributed by atoms with Crippen molar-refractivity contribution in [3.63, 3.8) is 0 Å². The van der Waals surface area contributed by atoms with Gasteiger partial charge in [0.15, 0.2) is 0 Å². The SMILES string of the molecule is Cc1cc(C)c2c(n1)SCC(=O)N2CCCC(=O)N[C@@H](C)c1ccccc1. The minimum Gasteiger partial charge on any atom is -0.350 e. The molecule has 0 fully saturated rings. The van der Waals surface area contributed by atoms with E-state index < -0.39 is 0 Å². The van der Waals surface area contributed by atoms with Crippen molar-refractivity contribution in [2.45, 2.75) is 44.7 Å². The van der Waals surface area contributed by atoms with Gasteiger partial charge in [0, 0.05) is 18.7 Å². The maximum Gasteiger partial charge on any atom is 0.237 e. The fourth-order valence-electron chi connectivity index (χ4n) is 3.33. The molecule has 142 valence electrons. The van der Waals surface area contributed by atoms with Gasteiger partial charge in [-0.05, 0) is 44.4 Å². The summed E-state index contributed by atoms with van der Waals surface area (Å²) in [5, 5.41) is 3.94. The molecular formula is C21H25N3O2S. The maximum atomic E-state index is 12.4. The summed E-state index contributed by atoms with van der Waals surface area (Å²) in [4.78, 5) is 31.0. The van der Waals surface area contributed by atoms with E-state index in [1.807, 2.05) is 57.2 Å². The first-order valence-electron chi connectivity index (χ1n) is 9.21. The van der Waals surface area contributed by atoms with Gasteiger partial charge in [-0.2, -0.15) is 0 Å². The van der Waals surface area contributed by atoms with Crippen LogP contribution < -0.4 is 10.2 Å². The lowest BCUT2D eigenvalue weighted by molar-refractivity contribution is -0.122. The van der Waals surface area contributed by atoms with Crippen LogP contribution in [-0.4, -0.2) is 29.1 Å². The standard InChI is InChI=1S/C21H25N3O2S/c1-14-12-15(2)22-21-20(14)24(19(26)13-27-21)11-7-10-18(25)23-16(3)17-8-5-4-6-9-17/h4-6,8-9,12,16H,7,10-11,13H2,1-3H3,(H,23,25)/t16-/m0/s1. The van der Waals surface area contributed by atoms with Crippen LogP contribution in [0.1, 0.15) is 42.6 Å². The Kier molecular flexibility index (Phi) is 6.16. The minimum atomic E-state index is -0.0261. The third kappa shape index (κ3) is 4.69. The van der Waals surface area contributed by atoms with Gasteiger partial charge < -0.3 is 10.2 Å². The van der Waals surface area contributed by atoms with Crippen molar-refractivity contribution >= 4 is 29.3 Å². The molecule has 1 N–H and O–H groups in total. The highest BCUT2D eigenvalue weighted by Gasteiger charge is 2.27. The number of amides is 2. The molecule has 27 heavy (non-hydrogen) atoms. The van der Waals surface area contributed by atoms with Crippen LogP contribution in [0.5, 0.6) is 0 Å². The predicted molar refractivity (Wildman–Crippen MR) is 109 cm³/mol. The number of aryl methyl sites for hydroxylation is 2. The van der Waals surface area contributed by atoms with Gasteiger partial charge in [0.2, 0.25) is 11.8 Å². The van der Waals surface area contributed by atoms with Gasteiger partial charge in [0.05, 0.1) is 17.5 Å². The van der Waals surface area contributed by atoms with E-state index in [0.29, 0.717) is 25.1 Å². The second-order valence-corrected chi connectivity index (χ2v) is 7.84. The van der Waals surface area contributed by atoms with E-state index in [1.54, 1.807) is 4.90 Å². The molecule has 6 heteroatoms. The number of hydrogen-bond donors (Lipinski definition) is 1. The fraction of sp³-hybridized carbons (Fsp3) is 0.381. The molecule has 1 atom stereocenters. The number of fused-ring (bicyclic) bond motifs is 1. The highest BCUT2D eigenvalue weighted by atomic mass is 32.2. The smallest absolute Gasteiger partial charge is 0.237 e. The molecule has 1 aromatic heterocycles. The summed E-state index contributed by atoms with van der Waals surface area (Å²) in [6, 6.07) is 11.9. The summed E-state index contributed by atoms with van der Waals surface area (Å²) in [5.74, 6) is 0.489. The van der Waals surface area contributed by atoms with E-state index in [9.17, 15) is 9.59 Å². The molecule has 1 aromatic carbocycles. The van der Waals surface area contributed by atoms with E-state index in [2.05, 4.69) is 10.3 Å². The lowest BCUT2D eigenvalue weighted by Crippen LogP contribution is -2.37. The molecule has 2 amide bonds. The van der Waals surface area contributed by atoms with Crippen molar-refractivity contribution in [2.24, 2.45) is 0 Å². The van der Waals surface area contributed by atoms with Crippen LogP contribution in [0.3, 0.4) is 0 Å². The van der Waals surface area contributed by atoms with Crippen LogP contribution in [0.2, 0.25) is 0 Å². The Labute approximate surface area is 164 Å². The van der Waals surface area contributed by atoms with Gasteiger partial charge in [0.1, 0.15) is 5.03 Å². The number of pyridine rings is 1. The number of aromatic nitrogens is 1. The number of hydrogen-bond acceptors (Lipinski definition) is 4. The number of nitrogens with one attached hydrogen (secondary N) is 1. The first-order chi connectivity index (χ1) is 13.0. The molecule has 0 aliphatic carbocycles. The number of carbonyl (C=O) groups is 2. The summed E-state index contributed by atoms with van der Waals surface area (Å²) >= 11 is 1.49. The molecule has 0 spiro atoms. The van der Waals surface area contributed by atoms with Crippen LogP contribution >= 0.6 is 11.8 Å². The van der Waals surface area contributed by atoms with E-state index in [4.69, 9.17) is 0 Å². The van der Waals surface area contributed by atoms with Gasteiger partial charge in [-0.25, -0.2) is 4.98 Å². The van der Waals surface area contributed by atoms with Crippen LogP contribution in [0, 0.1) is 13.8 Å². The van der Waals surface area contributed by atoms with Crippen LogP contribution in [0.4, 0.5) is 5.69 Å². The maximum absolute atomic E-state index is 12.4. The molecule has 0 bridgehead atoms. The lowest BCUT2D eigenvalue weighted by atomic mass is 10.1. The molecule has 2 heterocycles. The summed E-state index contributed by atoms with van der Waals surface area (Å²) in [7, 11) is 0. The van der Waals surface area contributed by atoms with E-state index >= 15 is 0 Å². The van der Waals surface area contributed by atoms with E-state index in [1.165, 1.54) is 11.8 Å². The minimum absolute atomic E-state index is 0.00385. The summed E-state index contributed by atoms with van der Waals surface area (Å²) in [6.07, 6.45) is 1.01. The number of rotatable bonds is 6. The van der Waals surface area contributed by atoms with Gasteiger partial charge >= 0.3 is 0 Å². The first-order valence-corrected chi connectivity index (χ1v) is 10.2. The average molecular weight is 384 g/mol. The van der Waals surface area contributed by atoms with Crippen LogP contribution in [0.15, 0.2) is 41.4 Å². The quantitative estimate of drug-likeness (QED) is 0.824. The van der Waals surface area contributed by atoms with Gasteiger partial charge in [-0.1, -0.05) is 42.1 Å². The number of thioether (sulfide) groups is 1. The average Bonchev–Trinajstić information content (AvgIpc) is 2.64. The topological polar surface area (TPSA) is 62.3 Å². The molecule has 0 radical (unpaired) electrons. The highest BCUT2D eigenvalue weighted by Crippen LogP contribution is 2.36. The molecular weight excluding hydrogens is 358 g/mol. The Morgan fingerprint density at radius 3 is 2.78 bits per heavy atom.